The van der Waals surface area contributed by atoms with Crippen LogP contribution in [-0.4, -0.2) is 34.5 Å². The smallest absolute Gasteiger partial charge is 0.327 e. The molecule has 7 unspecified atom stereocenters. The maximum atomic E-state index is 11.2. The van der Waals surface area contributed by atoms with Crippen molar-refractivity contribution in [2.75, 3.05) is 0 Å². The normalized spacial score (nSPS) is 48.0. The minimum absolute atomic E-state index is 0.0317. The molecule has 3 rings (SSSR count). The van der Waals surface area contributed by atoms with E-state index < -0.39 is 17.5 Å². The summed E-state index contributed by atoms with van der Waals surface area (Å²) in [5.41, 5.74) is 1.69. The molecule has 4 nitrogen and oxygen atoms in total. The summed E-state index contributed by atoms with van der Waals surface area (Å²) in [6, 6.07) is 0. The van der Waals surface area contributed by atoms with Crippen molar-refractivity contribution in [3.8, 4) is 0 Å². The zero-order chi connectivity index (χ0) is 19.7. The lowest BCUT2D eigenvalue weighted by Gasteiger charge is -2.56. The first kappa shape index (κ1) is 19.1. The molecule has 7 atom stereocenters. The number of carboxylic acid groups (broad SMARTS) is 1. The fourth-order valence-corrected chi connectivity index (χ4v) is 6.19. The van der Waals surface area contributed by atoms with Gasteiger partial charge in [-0.3, -0.25) is 0 Å². The van der Waals surface area contributed by atoms with Crippen molar-refractivity contribution >= 4 is 5.97 Å². The van der Waals surface area contributed by atoms with E-state index in [0.717, 1.165) is 11.6 Å². The van der Waals surface area contributed by atoms with E-state index in [-0.39, 0.29) is 29.0 Å². The van der Waals surface area contributed by atoms with Crippen LogP contribution in [-0.2, 0) is 9.53 Å². The predicted molar refractivity (Wildman–Crippen MR) is 102 cm³/mol. The number of rotatable bonds is 3. The van der Waals surface area contributed by atoms with E-state index in [0.29, 0.717) is 5.57 Å². The second-order valence-electron chi connectivity index (χ2n) is 8.83. The third-order valence-corrected chi connectivity index (χ3v) is 7.46. The lowest BCUT2D eigenvalue weighted by Crippen LogP contribution is -2.58. The maximum Gasteiger partial charge on any atom is 0.327 e. The summed E-state index contributed by atoms with van der Waals surface area (Å²) < 4.78 is 6.50. The van der Waals surface area contributed by atoms with Crippen LogP contribution in [0.2, 0.25) is 0 Å². The molecule has 0 bridgehead atoms. The van der Waals surface area contributed by atoms with Gasteiger partial charge in [-0.2, -0.15) is 0 Å². The number of allylic oxidation sites excluding steroid dienone is 2. The summed E-state index contributed by atoms with van der Waals surface area (Å²) in [5.74, 6) is -1.04. The first-order valence-electron chi connectivity index (χ1n) is 9.21. The zero-order valence-corrected chi connectivity index (χ0v) is 16.5. The molecule has 26 heavy (non-hydrogen) atoms. The standard InChI is InChI=1S/C22H30O4/c1-8-12(2)18-21(6)11-13(3)16-20(5,10-9-15(23)24)17(25)14(4)19(26-18)22(16,21)7/h8-11,16-19,25H,4H2,1-3,5-7H3,(H,23,24)/b10-9+,12-8-. The summed E-state index contributed by atoms with van der Waals surface area (Å²) in [7, 11) is 0. The number of aliphatic hydroxyl groups excluding tert-OH is 1. The van der Waals surface area contributed by atoms with Gasteiger partial charge < -0.3 is 14.9 Å². The van der Waals surface area contributed by atoms with Crippen LogP contribution < -0.4 is 0 Å². The Morgan fingerprint density at radius 1 is 1.35 bits per heavy atom. The van der Waals surface area contributed by atoms with Crippen LogP contribution in [0.4, 0.5) is 0 Å². The molecule has 2 N–H and O–H groups in total. The highest BCUT2D eigenvalue weighted by Gasteiger charge is 2.73. The number of aliphatic hydroxyl groups is 1. The van der Waals surface area contributed by atoms with Gasteiger partial charge in [0.05, 0.1) is 18.3 Å². The highest BCUT2D eigenvalue weighted by atomic mass is 16.5. The second-order valence-corrected chi connectivity index (χ2v) is 8.83. The molecule has 142 valence electrons. The molecule has 2 fully saturated rings. The van der Waals surface area contributed by atoms with Crippen molar-refractivity contribution in [1.82, 2.24) is 0 Å². The Labute approximate surface area is 155 Å². The Balaban J connectivity index is 2.23. The molecular formula is C22H30O4. The molecule has 1 saturated carbocycles. The van der Waals surface area contributed by atoms with Gasteiger partial charge in [0.1, 0.15) is 0 Å². The van der Waals surface area contributed by atoms with Crippen molar-refractivity contribution in [2.45, 2.75) is 59.9 Å². The summed E-state index contributed by atoms with van der Waals surface area (Å²) >= 11 is 0. The van der Waals surface area contributed by atoms with Crippen LogP contribution in [0.5, 0.6) is 0 Å². The van der Waals surface area contributed by atoms with Crippen LogP contribution in [0.3, 0.4) is 0 Å². The van der Waals surface area contributed by atoms with Crippen LogP contribution in [0.1, 0.15) is 41.5 Å². The van der Waals surface area contributed by atoms with Crippen molar-refractivity contribution in [2.24, 2.45) is 22.2 Å². The third kappa shape index (κ3) is 2.06. The molecule has 4 heteroatoms. The number of hydrogen-bond donors (Lipinski definition) is 2. The average Bonchev–Trinajstić information content (AvgIpc) is 2.91. The monoisotopic (exact) mass is 358 g/mol. The van der Waals surface area contributed by atoms with Gasteiger partial charge in [-0.05, 0) is 31.9 Å². The number of hydrogen-bond acceptors (Lipinski definition) is 3. The fourth-order valence-electron chi connectivity index (χ4n) is 6.19. The molecular weight excluding hydrogens is 328 g/mol. The second kappa shape index (κ2) is 5.67. The van der Waals surface area contributed by atoms with E-state index in [2.05, 4.69) is 46.4 Å². The number of carbonyl (C=O) groups is 1. The Morgan fingerprint density at radius 3 is 2.50 bits per heavy atom. The Kier molecular flexibility index (Phi) is 4.17. The van der Waals surface area contributed by atoms with Gasteiger partial charge in [0.2, 0.25) is 0 Å². The Bertz CT molecular complexity index is 760. The minimum Gasteiger partial charge on any atom is -0.478 e. The Hall–Kier alpha value is -1.65. The minimum atomic E-state index is -1.01. The highest BCUT2D eigenvalue weighted by molar-refractivity contribution is 5.80. The molecule has 0 amide bonds. The predicted octanol–water partition coefficient (Wildman–Crippen LogP) is 3.89. The van der Waals surface area contributed by atoms with Gasteiger partial charge in [-0.1, -0.05) is 51.2 Å². The quantitative estimate of drug-likeness (QED) is 0.593. The largest absolute Gasteiger partial charge is 0.478 e. The lowest BCUT2D eigenvalue weighted by molar-refractivity contribution is -0.131. The molecule has 1 aliphatic heterocycles. The van der Waals surface area contributed by atoms with Crippen molar-refractivity contribution in [3.63, 3.8) is 0 Å². The number of carboxylic acids is 1. The molecule has 0 aromatic carbocycles. The van der Waals surface area contributed by atoms with E-state index in [1.54, 1.807) is 6.08 Å². The van der Waals surface area contributed by atoms with Gasteiger partial charge in [0.15, 0.2) is 0 Å². The fraction of sp³-hybridized carbons (Fsp3) is 0.591. The molecule has 1 heterocycles. The van der Waals surface area contributed by atoms with Crippen molar-refractivity contribution < 1.29 is 19.7 Å². The summed E-state index contributed by atoms with van der Waals surface area (Å²) in [4.78, 5) is 11.2. The topological polar surface area (TPSA) is 66.8 Å². The van der Waals surface area contributed by atoms with Crippen LogP contribution in [0.15, 0.2) is 47.6 Å². The number of aliphatic carboxylic acids is 1. The van der Waals surface area contributed by atoms with E-state index in [4.69, 9.17) is 9.84 Å². The van der Waals surface area contributed by atoms with Gasteiger partial charge in [0, 0.05) is 28.2 Å². The van der Waals surface area contributed by atoms with Crippen molar-refractivity contribution in [3.05, 3.63) is 47.6 Å². The molecule has 2 aliphatic carbocycles. The SMILES string of the molecule is C=C1C(O)C(C)(/C=C/C(=O)O)C2C(C)=CC3(C)C(/C(C)=C\C)OC1C23C. The van der Waals surface area contributed by atoms with Gasteiger partial charge in [0.25, 0.3) is 0 Å². The van der Waals surface area contributed by atoms with E-state index in [1.807, 2.05) is 13.8 Å². The van der Waals surface area contributed by atoms with Gasteiger partial charge >= 0.3 is 5.97 Å². The van der Waals surface area contributed by atoms with Gasteiger partial charge in [-0.25, -0.2) is 4.79 Å². The lowest BCUT2D eigenvalue weighted by atomic mass is 9.47. The molecule has 3 aliphatic rings. The molecule has 0 aromatic rings. The van der Waals surface area contributed by atoms with E-state index in [1.165, 1.54) is 5.57 Å². The molecule has 1 saturated heterocycles. The average molecular weight is 358 g/mol. The highest BCUT2D eigenvalue weighted by Crippen LogP contribution is 2.72. The molecule has 0 aromatic heterocycles. The van der Waals surface area contributed by atoms with E-state index in [9.17, 15) is 9.90 Å². The molecule has 0 radical (unpaired) electrons. The summed E-state index contributed by atoms with van der Waals surface area (Å²) in [5, 5.41) is 20.3. The van der Waals surface area contributed by atoms with Crippen molar-refractivity contribution in [1.29, 1.82) is 0 Å². The van der Waals surface area contributed by atoms with Crippen LogP contribution >= 0.6 is 0 Å². The van der Waals surface area contributed by atoms with Crippen LogP contribution in [0.25, 0.3) is 0 Å². The van der Waals surface area contributed by atoms with E-state index >= 15 is 0 Å². The first-order chi connectivity index (χ1) is 11.9. The van der Waals surface area contributed by atoms with Gasteiger partial charge in [-0.15, -0.1) is 0 Å². The molecule has 0 spiro atoms. The zero-order valence-electron chi connectivity index (χ0n) is 16.5. The summed E-state index contributed by atoms with van der Waals surface area (Å²) in [6.45, 7) is 16.7. The number of ether oxygens (including phenoxy) is 1. The summed E-state index contributed by atoms with van der Waals surface area (Å²) in [6.07, 6.45) is 5.94. The van der Waals surface area contributed by atoms with Crippen LogP contribution in [0, 0.1) is 22.2 Å². The first-order valence-corrected chi connectivity index (χ1v) is 9.21. The maximum absolute atomic E-state index is 11.2. The Morgan fingerprint density at radius 2 is 1.96 bits per heavy atom. The third-order valence-electron chi connectivity index (χ3n) is 7.46.